The average molecular weight is 427 g/mol. The van der Waals surface area contributed by atoms with Crippen LogP contribution in [-0.2, 0) is 24.0 Å². The van der Waals surface area contributed by atoms with Gasteiger partial charge in [-0.2, -0.15) is 0 Å². The fourth-order valence-corrected chi connectivity index (χ4v) is 0.895. The Morgan fingerprint density at radius 3 is 0.967 bits per heavy atom. The fraction of sp³-hybridized carbons (Fsp3) is 0.542. The summed E-state index contributed by atoms with van der Waals surface area (Å²) in [7, 11) is 0. The summed E-state index contributed by atoms with van der Waals surface area (Å²) in [5.41, 5.74) is 0. The molecule has 0 aliphatic carbocycles. The van der Waals surface area contributed by atoms with E-state index in [1.807, 2.05) is 36.4 Å². The summed E-state index contributed by atoms with van der Waals surface area (Å²) in [6, 6.07) is 12.0. The van der Waals surface area contributed by atoms with Crippen molar-refractivity contribution in [2.24, 2.45) is 0 Å². The van der Waals surface area contributed by atoms with Crippen LogP contribution >= 0.6 is 0 Å². The number of unbranched alkanes of at least 4 members (excludes halogenated alkanes) is 1. The molecule has 1 aromatic carbocycles. The number of rotatable bonds is 5. The molecule has 0 unspecified atom stereocenters. The van der Waals surface area contributed by atoms with Crippen LogP contribution in [0.1, 0.15) is 81.1 Å². The van der Waals surface area contributed by atoms with E-state index in [4.69, 9.17) is 9.90 Å². The summed E-state index contributed by atoms with van der Waals surface area (Å²) in [5, 5.41) is 8.07. The van der Waals surface area contributed by atoms with Crippen molar-refractivity contribution in [2.45, 2.75) is 81.1 Å². The van der Waals surface area contributed by atoms with Crippen LogP contribution in [0.25, 0.3) is 0 Å². The number of benzene rings is 1. The lowest BCUT2D eigenvalue weighted by Crippen LogP contribution is -1.95. The molecule has 0 fully saturated rings. The highest BCUT2D eigenvalue weighted by atomic mass is 16.3. The molecule has 0 saturated carbocycles. The molecule has 1 N–H and O–H groups in total. The number of Topliss-reactive ketones (excluding diaryl/α,β-unsaturated/α-hetero) is 4. The van der Waals surface area contributed by atoms with E-state index in [2.05, 4.69) is 6.92 Å². The van der Waals surface area contributed by atoms with Crippen LogP contribution in [0.5, 0.6) is 0 Å². The van der Waals surface area contributed by atoms with Gasteiger partial charge in [-0.15, -0.1) is 0 Å². The molecule has 0 aliphatic rings. The van der Waals surface area contributed by atoms with Crippen LogP contribution in [0, 0.1) is 0 Å². The zero-order valence-electron chi connectivity index (χ0n) is 20.1. The molecule has 0 heterocycles. The van der Waals surface area contributed by atoms with Gasteiger partial charge >= 0.3 is 0 Å². The van der Waals surface area contributed by atoms with E-state index < -0.39 is 0 Å². The van der Waals surface area contributed by atoms with Crippen molar-refractivity contribution in [1.29, 1.82) is 0 Å². The van der Waals surface area contributed by atoms with Gasteiger partial charge in [-0.25, -0.2) is 0 Å². The first kappa shape index (κ1) is 38.2. The normalized spacial score (nSPS) is 7.50. The van der Waals surface area contributed by atoms with Gasteiger partial charge in [0.2, 0.25) is 0 Å². The Hall–Kier alpha value is -2.47. The minimum absolute atomic E-state index is 0.0835. The topological polar surface area (TPSA) is 106 Å². The highest BCUT2D eigenvalue weighted by Gasteiger charge is 1.95. The number of aldehydes is 1. The Morgan fingerprint density at radius 2 is 0.900 bits per heavy atom. The predicted octanol–water partition coefficient (Wildman–Crippen LogP) is 4.81. The quantitative estimate of drug-likeness (QED) is 0.678. The van der Waals surface area contributed by atoms with E-state index in [1.54, 1.807) is 0 Å². The number of aliphatic hydroxyl groups is 1. The molecule has 6 nitrogen and oxygen atoms in total. The minimum atomic E-state index is 0.0835. The third kappa shape index (κ3) is 139. The third-order valence-corrected chi connectivity index (χ3v) is 2.01. The van der Waals surface area contributed by atoms with Crippen molar-refractivity contribution < 1.29 is 29.1 Å². The molecule has 0 aliphatic heterocycles. The number of hydrogen-bond acceptors (Lipinski definition) is 6. The largest absolute Gasteiger partial charge is 0.396 e. The summed E-state index contributed by atoms with van der Waals surface area (Å²) in [4.78, 5) is 48.1. The molecule has 0 atom stereocenters. The third-order valence-electron chi connectivity index (χ3n) is 2.01. The number of aliphatic hydroxyl groups excluding tert-OH is 1. The second kappa shape index (κ2) is 37.3. The first-order valence-corrected chi connectivity index (χ1v) is 9.86. The Labute approximate surface area is 183 Å². The highest BCUT2D eigenvalue weighted by Crippen LogP contribution is 1.89. The van der Waals surface area contributed by atoms with Crippen molar-refractivity contribution in [3.63, 3.8) is 0 Å². The zero-order chi connectivity index (χ0) is 24.8. The van der Waals surface area contributed by atoms with E-state index in [-0.39, 0.29) is 23.1 Å². The SMILES string of the molecule is CC(=O)CCC(C)=O.CC(C)=O.CC(C)=O.CC=O.CCCCO.c1ccccc1. The maximum atomic E-state index is 10.2. The molecule has 174 valence electrons. The molecule has 0 spiro atoms. The van der Waals surface area contributed by atoms with Crippen molar-refractivity contribution in [2.75, 3.05) is 6.61 Å². The van der Waals surface area contributed by atoms with Gasteiger partial charge in [-0.1, -0.05) is 49.7 Å². The minimum Gasteiger partial charge on any atom is -0.396 e. The summed E-state index contributed by atoms with van der Waals surface area (Å²) >= 11 is 0. The molecular formula is C24H42O6. The molecule has 0 radical (unpaired) electrons. The van der Waals surface area contributed by atoms with Gasteiger partial charge in [0.1, 0.15) is 29.4 Å². The molecule has 0 bridgehead atoms. The van der Waals surface area contributed by atoms with E-state index in [0.29, 0.717) is 19.4 Å². The fourth-order valence-electron chi connectivity index (χ4n) is 0.895. The maximum Gasteiger partial charge on any atom is 0.130 e. The van der Waals surface area contributed by atoms with Gasteiger partial charge in [0.25, 0.3) is 0 Å². The van der Waals surface area contributed by atoms with Crippen molar-refractivity contribution >= 4 is 29.4 Å². The molecule has 0 amide bonds. The Kier molecular flexibility index (Phi) is 47.5. The number of carbonyl (C=O) groups excluding carboxylic acids is 5. The first-order chi connectivity index (χ1) is 13.9. The van der Waals surface area contributed by atoms with E-state index in [0.717, 1.165) is 19.1 Å². The average Bonchev–Trinajstić information content (AvgIpc) is 2.63. The maximum absolute atomic E-state index is 10.2. The molecule has 1 aromatic rings. The highest BCUT2D eigenvalue weighted by molar-refractivity contribution is 5.83. The van der Waals surface area contributed by atoms with E-state index in [1.165, 1.54) is 48.5 Å². The van der Waals surface area contributed by atoms with Crippen molar-refractivity contribution in [3.05, 3.63) is 36.4 Å². The number of carbonyl (C=O) groups is 5. The van der Waals surface area contributed by atoms with Crippen LogP contribution in [-0.4, -0.2) is 41.1 Å². The van der Waals surface area contributed by atoms with Gasteiger partial charge < -0.3 is 29.1 Å². The Bertz CT molecular complexity index is 447. The van der Waals surface area contributed by atoms with Gasteiger partial charge in [0, 0.05) is 19.4 Å². The molecule has 0 saturated heterocycles. The van der Waals surface area contributed by atoms with E-state index >= 15 is 0 Å². The van der Waals surface area contributed by atoms with Gasteiger partial charge in [0.05, 0.1) is 0 Å². The first-order valence-electron chi connectivity index (χ1n) is 9.86. The smallest absolute Gasteiger partial charge is 0.130 e. The number of hydrogen-bond donors (Lipinski definition) is 1. The summed E-state index contributed by atoms with van der Waals surface area (Å²) < 4.78 is 0. The van der Waals surface area contributed by atoms with Crippen LogP contribution < -0.4 is 0 Å². The summed E-state index contributed by atoms with van der Waals surface area (Å²) in [6.07, 6.45) is 3.58. The lowest BCUT2D eigenvalue weighted by atomic mass is 10.2. The molecule has 0 aromatic heterocycles. The van der Waals surface area contributed by atoms with Gasteiger partial charge in [-0.05, 0) is 54.9 Å². The molecular weight excluding hydrogens is 384 g/mol. The standard InChI is InChI=1S/C6H10O2.C6H6.C4H10O.2C3H6O.C2H4O/c1-5(7)3-4-6(2)8;1-2-4-6-5-3-1;1-2-3-4-5;2*1-3(2)4;1-2-3/h3-4H2,1-2H3;1-6H;5H,2-4H2,1H3;2*1-2H3;2H,1H3. The predicted molar refractivity (Wildman–Crippen MR) is 123 cm³/mol. The van der Waals surface area contributed by atoms with E-state index in [9.17, 15) is 19.2 Å². The molecule has 6 heteroatoms. The second-order valence-electron chi connectivity index (χ2n) is 6.19. The Morgan fingerprint density at radius 1 is 0.700 bits per heavy atom. The monoisotopic (exact) mass is 426 g/mol. The lowest BCUT2D eigenvalue weighted by Gasteiger charge is -1.86. The summed E-state index contributed by atoms with van der Waals surface area (Å²) in [6.45, 7) is 12.9. The molecule has 1 rings (SSSR count). The van der Waals surface area contributed by atoms with Crippen molar-refractivity contribution in [1.82, 2.24) is 0 Å². The second-order valence-corrected chi connectivity index (χ2v) is 6.19. The van der Waals surface area contributed by atoms with Crippen molar-refractivity contribution in [3.8, 4) is 0 Å². The van der Waals surface area contributed by atoms with Crippen LogP contribution in [0.3, 0.4) is 0 Å². The van der Waals surface area contributed by atoms with Crippen LogP contribution in [0.4, 0.5) is 0 Å². The van der Waals surface area contributed by atoms with Gasteiger partial charge in [0.15, 0.2) is 0 Å². The summed E-state index contributed by atoms with van der Waals surface area (Å²) in [5.74, 6) is 0.500. The lowest BCUT2D eigenvalue weighted by molar-refractivity contribution is -0.122. The van der Waals surface area contributed by atoms with Crippen LogP contribution in [0.2, 0.25) is 0 Å². The zero-order valence-corrected chi connectivity index (χ0v) is 20.1. The molecule has 30 heavy (non-hydrogen) atoms. The Balaban J connectivity index is -0.0000000861. The van der Waals surface area contributed by atoms with Crippen LogP contribution in [0.15, 0.2) is 36.4 Å². The van der Waals surface area contributed by atoms with Gasteiger partial charge in [-0.3, -0.25) is 0 Å². The number of ketones is 4.